The molecule has 1 atom stereocenters. The lowest BCUT2D eigenvalue weighted by Gasteiger charge is -2.14. The summed E-state index contributed by atoms with van der Waals surface area (Å²) in [5, 5.41) is 9.82. The Morgan fingerprint density at radius 2 is 1.87 bits per heavy atom. The molecule has 0 aromatic heterocycles. The molecule has 15 heavy (non-hydrogen) atoms. The lowest BCUT2D eigenvalue weighted by atomic mass is 9.96. The van der Waals surface area contributed by atoms with Gasteiger partial charge in [0.1, 0.15) is 0 Å². The number of aliphatic hydroxyl groups excluding tert-OH is 1. The molecule has 0 amide bonds. The van der Waals surface area contributed by atoms with Gasteiger partial charge in [-0.25, -0.2) is 0 Å². The SMILES string of the molecule is Cc1cccc(C)c1CC(O)CCCCl. The molecule has 0 aliphatic heterocycles. The molecule has 0 aliphatic carbocycles. The van der Waals surface area contributed by atoms with Crippen molar-refractivity contribution in [3.05, 3.63) is 34.9 Å². The molecule has 1 aromatic carbocycles. The van der Waals surface area contributed by atoms with Crippen molar-refractivity contribution in [1.82, 2.24) is 0 Å². The van der Waals surface area contributed by atoms with Crippen molar-refractivity contribution < 1.29 is 5.11 Å². The summed E-state index contributed by atoms with van der Waals surface area (Å²) in [4.78, 5) is 0. The summed E-state index contributed by atoms with van der Waals surface area (Å²) in [7, 11) is 0. The summed E-state index contributed by atoms with van der Waals surface area (Å²) >= 11 is 5.60. The van der Waals surface area contributed by atoms with Gasteiger partial charge in [-0.15, -0.1) is 11.6 Å². The second kappa shape index (κ2) is 6.14. The van der Waals surface area contributed by atoms with Crippen LogP contribution in [0.2, 0.25) is 0 Å². The summed E-state index contributed by atoms with van der Waals surface area (Å²) in [6.07, 6.45) is 2.16. The number of rotatable bonds is 5. The topological polar surface area (TPSA) is 20.2 Å². The highest BCUT2D eigenvalue weighted by Crippen LogP contribution is 2.16. The summed E-state index contributed by atoms with van der Waals surface area (Å²) in [6, 6.07) is 6.24. The minimum Gasteiger partial charge on any atom is -0.393 e. The van der Waals surface area contributed by atoms with Crippen LogP contribution in [0.15, 0.2) is 18.2 Å². The Kier molecular flexibility index (Phi) is 5.13. The molecule has 84 valence electrons. The fourth-order valence-electron chi connectivity index (χ4n) is 1.82. The van der Waals surface area contributed by atoms with Gasteiger partial charge in [-0.05, 0) is 49.8 Å². The molecule has 0 spiro atoms. The van der Waals surface area contributed by atoms with Crippen LogP contribution in [-0.4, -0.2) is 17.1 Å². The van der Waals surface area contributed by atoms with E-state index in [0.29, 0.717) is 5.88 Å². The largest absolute Gasteiger partial charge is 0.393 e. The predicted molar refractivity (Wildman–Crippen MR) is 65.6 cm³/mol. The van der Waals surface area contributed by atoms with Gasteiger partial charge in [-0.1, -0.05) is 18.2 Å². The minimum absolute atomic E-state index is 0.261. The molecule has 1 aromatic rings. The maximum atomic E-state index is 9.82. The summed E-state index contributed by atoms with van der Waals surface area (Å²) in [5.74, 6) is 0.629. The quantitative estimate of drug-likeness (QED) is 0.765. The number of hydrogen-bond acceptors (Lipinski definition) is 1. The van der Waals surface area contributed by atoms with E-state index in [1.54, 1.807) is 0 Å². The van der Waals surface area contributed by atoms with Gasteiger partial charge in [-0.3, -0.25) is 0 Å². The first-order chi connectivity index (χ1) is 7.15. The van der Waals surface area contributed by atoms with Gasteiger partial charge in [-0.2, -0.15) is 0 Å². The van der Waals surface area contributed by atoms with E-state index in [1.165, 1.54) is 16.7 Å². The summed E-state index contributed by atoms with van der Waals surface area (Å²) in [6.45, 7) is 4.19. The molecule has 0 saturated heterocycles. The highest BCUT2D eigenvalue weighted by atomic mass is 35.5. The standard InChI is InChI=1S/C13H19ClO/c1-10-5-3-6-11(2)13(10)9-12(15)7-4-8-14/h3,5-6,12,15H,4,7-9H2,1-2H3. The van der Waals surface area contributed by atoms with Crippen molar-refractivity contribution in [2.45, 2.75) is 39.2 Å². The van der Waals surface area contributed by atoms with Crippen molar-refractivity contribution in [2.75, 3.05) is 5.88 Å². The Hall–Kier alpha value is -0.530. The molecule has 1 unspecified atom stereocenters. The number of benzene rings is 1. The Morgan fingerprint density at radius 3 is 2.40 bits per heavy atom. The molecule has 0 fully saturated rings. The van der Waals surface area contributed by atoms with Crippen LogP contribution in [0.5, 0.6) is 0 Å². The Balaban J connectivity index is 2.63. The van der Waals surface area contributed by atoms with E-state index in [-0.39, 0.29) is 6.10 Å². The van der Waals surface area contributed by atoms with Crippen molar-refractivity contribution in [2.24, 2.45) is 0 Å². The van der Waals surface area contributed by atoms with Crippen LogP contribution in [0, 0.1) is 13.8 Å². The average Bonchev–Trinajstić information content (AvgIpc) is 2.21. The van der Waals surface area contributed by atoms with Gasteiger partial charge >= 0.3 is 0 Å². The highest BCUT2D eigenvalue weighted by molar-refractivity contribution is 6.17. The van der Waals surface area contributed by atoms with Crippen LogP contribution >= 0.6 is 11.6 Å². The first kappa shape index (κ1) is 12.5. The second-order valence-corrected chi connectivity index (χ2v) is 4.44. The molecule has 0 saturated carbocycles. The van der Waals surface area contributed by atoms with Crippen LogP contribution in [-0.2, 0) is 6.42 Å². The fraction of sp³-hybridized carbons (Fsp3) is 0.538. The van der Waals surface area contributed by atoms with Crippen molar-refractivity contribution in [1.29, 1.82) is 0 Å². The molecule has 1 rings (SSSR count). The fourth-order valence-corrected chi connectivity index (χ4v) is 1.98. The van der Waals surface area contributed by atoms with E-state index in [1.807, 2.05) is 0 Å². The third-order valence-corrected chi connectivity index (χ3v) is 3.02. The molecular formula is C13H19ClO. The summed E-state index contributed by atoms with van der Waals surface area (Å²) < 4.78 is 0. The van der Waals surface area contributed by atoms with Gasteiger partial charge in [0, 0.05) is 5.88 Å². The maximum Gasteiger partial charge on any atom is 0.0581 e. The zero-order valence-electron chi connectivity index (χ0n) is 9.46. The number of aliphatic hydroxyl groups is 1. The molecule has 2 heteroatoms. The molecule has 1 N–H and O–H groups in total. The molecular weight excluding hydrogens is 208 g/mol. The third kappa shape index (κ3) is 3.84. The van der Waals surface area contributed by atoms with Gasteiger partial charge in [0.15, 0.2) is 0 Å². The van der Waals surface area contributed by atoms with E-state index < -0.39 is 0 Å². The second-order valence-electron chi connectivity index (χ2n) is 4.06. The van der Waals surface area contributed by atoms with E-state index in [2.05, 4.69) is 32.0 Å². The third-order valence-electron chi connectivity index (χ3n) is 2.76. The zero-order chi connectivity index (χ0) is 11.3. The number of halogens is 1. The summed E-state index contributed by atoms with van der Waals surface area (Å²) in [5.41, 5.74) is 3.81. The predicted octanol–water partition coefficient (Wildman–Crippen LogP) is 3.23. The van der Waals surface area contributed by atoms with Gasteiger partial charge in [0.2, 0.25) is 0 Å². The normalized spacial score (nSPS) is 12.8. The average molecular weight is 227 g/mol. The lowest BCUT2D eigenvalue weighted by molar-refractivity contribution is 0.164. The van der Waals surface area contributed by atoms with Crippen LogP contribution in [0.1, 0.15) is 29.5 Å². The van der Waals surface area contributed by atoms with E-state index in [4.69, 9.17) is 11.6 Å². The van der Waals surface area contributed by atoms with Gasteiger partial charge in [0.25, 0.3) is 0 Å². The van der Waals surface area contributed by atoms with Crippen molar-refractivity contribution in [3.63, 3.8) is 0 Å². The van der Waals surface area contributed by atoms with Crippen molar-refractivity contribution in [3.8, 4) is 0 Å². The van der Waals surface area contributed by atoms with Crippen LogP contribution in [0.25, 0.3) is 0 Å². The molecule has 1 nitrogen and oxygen atoms in total. The zero-order valence-corrected chi connectivity index (χ0v) is 10.2. The maximum absolute atomic E-state index is 9.82. The molecule has 0 radical (unpaired) electrons. The van der Waals surface area contributed by atoms with Crippen LogP contribution in [0.4, 0.5) is 0 Å². The lowest BCUT2D eigenvalue weighted by Crippen LogP contribution is -2.12. The molecule has 0 aliphatic rings. The molecule has 0 heterocycles. The number of alkyl halides is 1. The van der Waals surface area contributed by atoms with Crippen LogP contribution in [0.3, 0.4) is 0 Å². The number of hydrogen-bond donors (Lipinski definition) is 1. The Morgan fingerprint density at radius 1 is 1.27 bits per heavy atom. The van der Waals surface area contributed by atoms with E-state index in [9.17, 15) is 5.11 Å². The van der Waals surface area contributed by atoms with Gasteiger partial charge < -0.3 is 5.11 Å². The van der Waals surface area contributed by atoms with Gasteiger partial charge in [0.05, 0.1) is 6.10 Å². The minimum atomic E-state index is -0.261. The molecule has 0 bridgehead atoms. The van der Waals surface area contributed by atoms with E-state index >= 15 is 0 Å². The monoisotopic (exact) mass is 226 g/mol. The van der Waals surface area contributed by atoms with Crippen LogP contribution < -0.4 is 0 Å². The first-order valence-corrected chi connectivity index (χ1v) is 5.97. The number of aryl methyl sites for hydroxylation is 2. The van der Waals surface area contributed by atoms with E-state index in [0.717, 1.165) is 19.3 Å². The Bertz CT molecular complexity index is 289. The van der Waals surface area contributed by atoms with Crippen molar-refractivity contribution >= 4 is 11.6 Å². The Labute approximate surface area is 97.1 Å². The smallest absolute Gasteiger partial charge is 0.0581 e. The first-order valence-electron chi connectivity index (χ1n) is 5.44. The highest BCUT2D eigenvalue weighted by Gasteiger charge is 2.09.